The van der Waals surface area contributed by atoms with Crippen molar-refractivity contribution in [3.05, 3.63) is 83.0 Å². The number of amides is 4. The molecule has 2 N–H and O–H groups in total. The van der Waals surface area contributed by atoms with Crippen LogP contribution in [0.5, 0.6) is 0 Å². The molecule has 2 aromatic carbocycles. The number of imide groups is 2. The van der Waals surface area contributed by atoms with Crippen LogP contribution in [-0.4, -0.2) is 45.8 Å². The summed E-state index contributed by atoms with van der Waals surface area (Å²) in [7, 11) is 0. The van der Waals surface area contributed by atoms with E-state index in [1.54, 1.807) is 13.8 Å². The van der Waals surface area contributed by atoms with E-state index in [-0.39, 0.29) is 42.0 Å². The topological polar surface area (TPSA) is 149 Å². The van der Waals surface area contributed by atoms with Gasteiger partial charge in [-0.1, -0.05) is 12.1 Å². The minimum Gasteiger partial charge on any atom is -0.478 e. The minimum atomic E-state index is -1.10. The Balaban J connectivity index is 0.000000240. The van der Waals surface area contributed by atoms with Crippen LogP contribution in [0.25, 0.3) is 0 Å². The van der Waals surface area contributed by atoms with Crippen molar-refractivity contribution in [2.45, 2.75) is 13.8 Å². The zero-order chi connectivity index (χ0) is 25.2. The predicted octanol–water partition coefficient (Wildman–Crippen LogP) is 2.41. The number of benzene rings is 2. The first kappa shape index (κ1) is 27.0. The van der Waals surface area contributed by atoms with Gasteiger partial charge in [-0.2, -0.15) is 0 Å². The monoisotopic (exact) mass is 526 g/mol. The van der Waals surface area contributed by atoms with Gasteiger partial charge in [-0.15, -0.1) is 0 Å². The summed E-state index contributed by atoms with van der Waals surface area (Å²) in [6.07, 6.45) is 2.46. The molecule has 0 fully saturated rings. The zero-order valence-corrected chi connectivity index (χ0v) is 21.7. The third kappa shape index (κ3) is 5.64. The maximum Gasteiger partial charge on any atom is 0.335 e. The van der Waals surface area contributed by atoms with Crippen LogP contribution in [-0.2, 0) is 38.7 Å². The fourth-order valence-corrected chi connectivity index (χ4v) is 3.22. The van der Waals surface area contributed by atoms with Crippen LogP contribution in [0, 0.1) is 0 Å². The number of hydrogen-bond donors (Lipinski definition) is 2. The van der Waals surface area contributed by atoms with Crippen molar-refractivity contribution in [3.8, 4) is 0 Å². The number of carbonyl (C=O) groups excluding carboxylic acids is 4. The molecule has 0 radical (unpaired) electrons. The molecule has 0 aromatic heterocycles. The summed E-state index contributed by atoms with van der Waals surface area (Å²) in [5, 5.41) is 17.7. The third-order valence-electron chi connectivity index (χ3n) is 4.90. The Morgan fingerprint density at radius 2 is 1.00 bits per heavy atom. The van der Waals surface area contributed by atoms with Gasteiger partial charge in [0.2, 0.25) is 0 Å². The van der Waals surface area contributed by atoms with Crippen LogP contribution < -0.4 is 9.80 Å². The molecule has 10 nitrogen and oxygen atoms in total. The van der Waals surface area contributed by atoms with Crippen molar-refractivity contribution in [3.63, 3.8) is 0 Å². The summed E-state index contributed by atoms with van der Waals surface area (Å²) < 4.78 is 0. The third-order valence-corrected chi connectivity index (χ3v) is 4.90. The van der Waals surface area contributed by atoms with Gasteiger partial charge in [-0.25, -0.2) is 19.4 Å². The molecule has 35 heavy (non-hydrogen) atoms. The number of anilines is 2. The second-order valence-corrected chi connectivity index (χ2v) is 7.32. The molecule has 2 aromatic rings. The molecule has 4 rings (SSSR count). The Bertz CT molecular complexity index is 1230. The maximum atomic E-state index is 11.7. The molecule has 11 heteroatoms. The van der Waals surface area contributed by atoms with Gasteiger partial charge in [-0.05, 0) is 50.2 Å². The molecule has 2 aliphatic heterocycles. The van der Waals surface area contributed by atoms with Crippen LogP contribution in [0.1, 0.15) is 34.6 Å². The van der Waals surface area contributed by atoms with E-state index in [9.17, 15) is 28.8 Å². The van der Waals surface area contributed by atoms with Gasteiger partial charge >= 0.3 is 11.9 Å². The van der Waals surface area contributed by atoms with E-state index in [1.165, 1.54) is 60.7 Å². The molecule has 4 amide bonds. The molecule has 0 atom stereocenters. The van der Waals surface area contributed by atoms with Crippen LogP contribution in [0.15, 0.2) is 71.8 Å². The summed E-state index contributed by atoms with van der Waals surface area (Å²) in [5.41, 5.74) is 1.30. The number of carboxylic acid groups (broad SMARTS) is 2. The van der Waals surface area contributed by atoms with E-state index in [0.717, 1.165) is 9.80 Å². The average Bonchev–Trinajstić information content (AvgIpc) is 3.20. The largest absolute Gasteiger partial charge is 0.478 e. The smallest absolute Gasteiger partial charge is 0.335 e. The minimum absolute atomic E-state index is 0. The fraction of sp³-hybridized carbons (Fsp3) is 0.0833. The Morgan fingerprint density at radius 3 is 1.26 bits per heavy atom. The van der Waals surface area contributed by atoms with Gasteiger partial charge in [-0.3, -0.25) is 19.2 Å². The van der Waals surface area contributed by atoms with Gasteiger partial charge in [0.15, 0.2) is 0 Å². The Morgan fingerprint density at radius 1 is 0.657 bits per heavy atom. The van der Waals surface area contributed by atoms with Gasteiger partial charge < -0.3 is 10.2 Å². The molecular formula is C24H18N2O8Zn. The molecule has 0 spiro atoms. The second kappa shape index (κ2) is 10.8. The molecule has 2 heterocycles. The van der Waals surface area contributed by atoms with Gasteiger partial charge in [0.1, 0.15) is 0 Å². The number of rotatable bonds is 4. The number of nitrogens with zero attached hydrogens (tertiary/aromatic N) is 2. The van der Waals surface area contributed by atoms with Crippen molar-refractivity contribution in [1.29, 1.82) is 0 Å². The average molecular weight is 528 g/mol. The first-order chi connectivity index (χ1) is 16.0. The van der Waals surface area contributed by atoms with E-state index >= 15 is 0 Å². The second-order valence-electron chi connectivity index (χ2n) is 7.32. The Kier molecular flexibility index (Phi) is 8.33. The van der Waals surface area contributed by atoms with Crippen LogP contribution in [0.3, 0.4) is 0 Å². The summed E-state index contributed by atoms with van der Waals surface area (Å²) in [4.78, 5) is 70.0. The van der Waals surface area contributed by atoms with E-state index in [0.29, 0.717) is 11.1 Å². The SMILES string of the molecule is CC1=CC(=O)N(c2cccc(C(=O)O)c2)C1=O.CC1=CC(=O)N(c2cccc(C(=O)O)c2)C1=O.[Zn]. The molecule has 0 unspecified atom stereocenters. The first-order valence-corrected chi connectivity index (χ1v) is 9.81. The molecule has 0 saturated carbocycles. The summed E-state index contributed by atoms with van der Waals surface area (Å²) >= 11 is 0. The number of aromatic carboxylic acids is 2. The quantitative estimate of drug-likeness (QED) is 0.455. The van der Waals surface area contributed by atoms with Crippen molar-refractivity contribution < 1.29 is 58.5 Å². The molecule has 0 aliphatic carbocycles. The van der Waals surface area contributed by atoms with Crippen LogP contribution >= 0.6 is 0 Å². The molecule has 0 bridgehead atoms. The van der Waals surface area contributed by atoms with E-state index in [2.05, 4.69) is 0 Å². The summed E-state index contributed by atoms with van der Waals surface area (Å²) in [6, 6.07) is 11.4. The first-order valence-electron chi connectivity index (χ1n) is 9.81. The van der Waals surface area contributed by atoms with Crippen molar-refractivity contribution >= 4 is 46.9 Å². The molecular weight excluding hydrogens is 510 g/mol. The van der Waals surface area contributed by atoms with E-state index in [1.807, 2.05) is 0 Å². The molecule has 0 saturated heterocycles. The van der Waals surface area contributed by atoms with E-state index in [4.69, 9.17) is 10.2 Å². The predicted molar refractivity (Wildman–Crippen MR) is 119 cm³/mol. The number of carbonyl (C=O) groups is 6. The molecule has 174 valence electrons. The van der Waals surface area contributed by atoms with Crippen LogP contribution in [0.2, 0.25) is 0 Å². The van der Waals surface area contributed by atoms with Crippen molar-refractivity contribution in [2.24, 2.45) is 0 Å². The van der Waals surface area contributed by atoms with Gasteiger partial charge in [0, 0.05) is 42.8 Å². The van der Waals surface area contributed by atoms with E-state index < -0.39 is 35.6 Å². The van der Waals surface area contributed by atoms with Crippen molar-refractivity contribution in [2.75, 3.05) is 9.80 Å². The maximum absolute atomic E-state index is 11.7. The Hall–Kier alpha value is -4.24. The number of hydrogen-bond acceptors (Lipinski definition) is 6. The van der Waals surface area contributed by atoms with Gasteiger partial charge in [0.25, 0.3) is 23.6 Å². The summed E-state index contributed by atoms with van der Waals surface area (Å²) in [5.74, 6) is -3.94. The standard InChI is InChI=1S/2C12H9NO4.Zn/c2*1-7-5-10(14)13(11(7)15)9-4-2-3-8(6-9)12(16)17;/h2*2-6H,1H3,(H,16,17);. The zero-order valence-electron chi connectivity index (χ0n) is 18.7. The van der Waals surface area contributed by atoms with Crippen molar-refractivity contribution in [1.82, 2.24) is 0 Å². The van der Waals surface area contributed by atoms with Crippen LogP contribution in [0.4, 0.5) is 11.4 Å². The normalized spacial score (nSPS) is 14.7. The molecule has 2 aliphatic rings. The summed E-state index contributed by atoms with van der Waals surface area (Å²) in [6.45, 7) is 3.09. The fourth-order valence-electron chi connectivity index (χ4n) is 3.22. The Labute approximate surface area is 211 Å². The van der Waals surface area contributed by atoms with Gasteiger partial charge in [0.05, 0.1) is 22.5 Å². The number of carboxylic acids is 2.